The Labute approximate surface area is 98.1 Å². The van der Waals surface area contributed by atoms with Crippen LogP contribution in [0.5, 0.6) is 0 Å². The van der Waals surface area contributed by atoms with E-state index in [1.54, 1.807) is 0 Å². The van der Waals surface area contributed by atoms with Crippen LogP contribution in [-0.2, 0) is 0 Å². The van der Waals surface area contributed by atoms with Gasteiger partial charge in [0.25, 0.3) is 5.91 Å². The molecule has 0 saturated carbocycles. The van der Waals surface area contributed by atoms with Crippen LogP contribution in [0.3, 0.4) is 0 Å². The Morgan fingerprint density at radius 2 is 2.31 bits per heavy atom. The molecule has 88 valence electrons. The van der Waals surface area contributed by atoms with Crippen LogP contribution in [0.1, 0.15) is 17.3 Å². The highest BCUT2D eigenvalue weighted by Gasteiger charge is 2.20. The second-order valence-electron chi connectivity index (χ2n) is 3.71. The molecule has 1 rings (SSSR count). The summed E-state index contributed by atoms with van der Waals surface area (Å²) < 4.78 is 0. The number of nitrogens with zero attached hydrogens (tertiary/aromatic N) is 1. The number of halogens is 1. The number of amides is 1. The van der Waals surface area contributed by atoms with Crippen molar-refractivity contribution in [2.24, 2.45) is 0 Å². The van der Waals surface area contributed by atoms with Gasteiger partial charge in [0.05, 0.1) is 12.2 Å². The van der Waals surface area contributed by atoms with Gasteiger partial charge < -0.3 is 15.5 Å². The molecule has 0 saturated heterocycles. The largest absolute Gasteiger partial charge is 0.393 e. The van der Waals surface area contributed by atoms with E-state index in [0.717, 1.165) is 0 Å². The van der Waals surface area contributed by atoms with Gasteiger partial charge in [-0.2, -0.15) is 0 Å². The number of carbonyl (C=O) groups excluding carboxylic acids is 1. The second kappa shape index (κ2) is 5.25. The molecule has 1 aromatic rings. The third-order valence-corrected chi connectivity index (χ3v) is 2.18. The van der Waals surface area contributed by atoms with E-state index in [1.807, 2.05) is 0 Å². The van der Waals surface area contributed by atoms with E-state index >= 15 is 0 Å². The Morgan fingerprint density at radius 3 is 2.81 bits per heavy atom. The van der Waals surface area contributed by atoms with Crippen LogP contribution >= 0.6 is 11.6 Å². The summed E-state index contributed by atoms with van der Waals surface area (Å²) in [7, 11) is 0. The average molecular weight is 245 g/mol. The smallest absolute Gasteiger partial charge is 0.252 e. The van der Waals surface area contributed by atoms with Gasteiger partial charge in [-0.25, -0.2) is 4.98 Å². The summed E-state index contributed by atoms with van der Waals surface area (Å²) in [6, 6.07) is 3.03. The van der Waals surface area contributed by atoms with Crippen LogP contribution < -0.4 is 5.32 Å². The van der Waals surface area contributed by atoms with Crippen molar-refractivity contribution in [3.63, 3.8) is 0 Å². The molecule has 3 N–H and O–H groups in total. The fourth-order valence-electron chi connectivity index (χ4n) is 0.939. The van der Waals surface area contributed by atoms with Gasteiger partial charge in [0.15, 0.2) is 0 Å². The molecule has 0 aliphatic rings. The fraction of sp³-hybridized carbons (Fsp3) is 0.400. The molecule has 0 bridgehead atoms. The summed E-state index contributed by atoms with van der Waals surface area (Å²) in [4.78, 5) is 15.3. The van der Waals surface area contributed by atoms with Crippen LogP contribution in [0.15, 0.2) is 18.3 Å². The molecular weight excluding hydrogens is 232 g/mol. The minimum atomic E-state index is -1.32. The van der Waals surface area contributed by atoms with Gasteiger partial charge in [-0.15, -0.1) is 0 Å². The van der Waals surface area contributed by atoms with Crippen molar-refractivity contribution in [3.05, 3.63) is 29.0 Å². The van der Waals surface area contributed by atoms with Crippen molar-refractivity contribution >= 4 is 17.5 Å². The Balaban J connectivity index is 2.56. The number of aromatic nitrogens is 1. The number of pyridine rings is 1. The first-order chi connectivity index (χ1) is 7.44. The molecule has 0 aromatic carbocycles. The number of hydrogen-bond acceptors (Lipinski definition) is 4. The van der Waals surface area contributed by atoms with Crippen molar-refractivity contribution in [1.82, 2.24) is 10.3 Å². The monoisotopic (exact) mass is 244 g/mol. The summed E-state index contributed by atoms with van der Waals surface area (Å²) in [6.45, 7) is 0.963. The number of hydrogen-bond donors (Lipinski definition) is 3. The lowest BCUT2D eigenvalue weighted by molar-refractivity contribution is 0.00320. The summed E-state index contributed by atoms with van der Waals surface area (Å²) in [5.74, 6) is -0.377. The van der Waals surface area contributed by atoms with Gasteiger partial charge in [-0.05, 0) is 19.1 Å². The molecule has 0 fully saturated rings. The quantitative estimate of drug-likeness (QED) is 0.662. The maximum Gasteiger partial charge on any atom is 0.252 e. The summed E-state index contributed by atoms with van der Waals surface area (Å²) >= 11 is 5.57. The van der Waals surface area contributed by atoms with Crippen molar-refractivity contribution < 1.29 is 15.0 Å². The lowest BCUT2D eigenvalue weighted by Gasteiger charge is -2.20. The topological polar surface area (TPSA) is 82.5 Å². The zero-order chi connectivity index (χ0) is 12.2. The van der Waals surface area contributed by atoms with Crippen LogP contribution in [0, 0.1) is 0 Å². The van der Waals surface area contributed by atoms with E-state index in [1.165, 1.54) is 25.3 Å². The Bertz CT molecular complexity index is 365. The molecule has 0 radical (unpaired) electrons. The lowest BCUT2D eigenvalue weighted by atomic mass is 10.1. The predicted molar refractivity (Wildman–Crippen MR) is 59.3 cm³/mol. The zero-order valence-corrected chi connectivity index (χ0v) is 9.53. The van der Waals surface area contributed by atoms with Gasteiger partial charge >= 0.3 is 0 Å². The van der Waals surface area contributed by atoms with E-state index in [2.05, 4.69) is 10.3 Å². The third-order valence-electron chi connectivity index (χ3n) is 1.96. The Kier molecular flexibility index (Phi) is 4.23. The molecule has 0 spiro atoms. The van der Waals surface area contributed by atoms with Gasteiger partial charge in [0.1, 0.15) is 10.8 Å². The summed E-state index contributed by atoms with van der Waals surface area (Å²) in [6.07, 6.45) is 1.34. The maximum atomic E-state index is 11.5. The minimum Gasteiger partial charge on any atom is -0.393 e. The number of nitrogens with one attached hydrogen (secondary N) is 1. The third kappa shape index (κ3) is 3.77. The van der Waals surface area contributed by atoms with Crippen molar-refractivity contribution in [2.75, 3.05) is 13.2 Å². The van der Waals surface area contributed by atoms with Gasteiger partial charge in [0.2, 0.25) is 0 Å². The Hall–Kier alpha value is -1.17. The average Bonchev–Trinajstić information content (AvgIpc) is 2.27. The van der Waals surface area contributed by atoms with E-state index in [4.69, 9.17) is 16.7 Å². The number of aliphatic hydroxyl groups excluding tert-OH is 1. The predicted octanol–water partition coefficient (Wildman–Crippen LogP) is 0.208. The van der Waals surface area contributed by atoms with Gasteiger partial charge in [-0.3, -0.25) is 4.79 Å². The SMILES string of the molecule is CC(O)(CO)CNC(=O)c1ccc(Cl)nc1. The first-order valence-corrected chi connectivity index (χ1v) is 5.05. The molecule has 0 aliphatic heterocycles. The number of carbonyl (C=O) groups is 1. The molecule has 1 heterocycles. The van der Waals surface area contributed by atoms with Crippen molar-refractivity contribution in [1.29, 1.82) is 0 Å². The van der Waals surface area contributed by atoms with Gasteiger partial charge in [0, 0.05) is 12.7 Å². The molecule has 5 nitrogen and oxygen atoms in total. The number of aliphatic hydroxyl groups is 2. The maximum absolute atomic E-state index is 11.5. The summed E-state index contributed by atoms with van der Waals surface area (Å²) in [5.41, 5.74) is -0.978. The van der Waals surface area contributed by atoms with Crippen LogP contribution in [0.25, 0.3) is 0 Å². The van der Waals surface area contributed by atoms with Crippen LogP contribution in [0.4, 0.5) is 0 Å². The van der Waals surface area contributed by atoms with Gasteiger partial charge in [-0.1, -0.05) is 11.6 Å². The Morgan fingerprint density at radius 1 is 1.62 bits per heavy atom. The highest BCUT2D eigenvalue weighted by Crippen LogP contribution is 2.05. The highest BCUT2D eigenvalue weighted by atomic mass is 35.5. The molecule has 1 amide bonds. The first kappa shape index (κ1) is 12.9. The second-order valence-corrected chi connectivity index (χ2v) is 4.09. The zero-order valence-electron chi connectivity index (χ0n) is 8.77. The van der Waals surface area contributed by atoms with E-state index < -0.39 is 12.2 Å². The fourth-order valence-corrected chi connectivity index (χ4v) is 1.05. The molecular formula is C10H13ClN2O3. The molecule has 1 aromatic heterocycles. The first-order valence-electron chi connectivity index (χ1n) is 4.67. The molecule has 1 unspecified atom stereocenters. The molecule has 0 aliphatic carbocycles. The van der Waals surface area contributed by atoms with E-state index in [9.17, 15) is 9.90 Å². The minimum absolute atomic E-state index is 0.0367. The van der Waals surface area contributed by atoms with Crippen LogP contribution in [-0.4, -0.2) is 39.9 Å². The lowest BCUT2D eigenvalue weighted by Crippen LogP contribution is -2.43. The van der Waals surface area contributed by atoms with Crippen molar-refractivity contribution in [3.8, 4) is 0 Å². The molecule has 16 heavy (non-hydrogen) atoms. The van der Waals surface area contributed by atoms with Crippen molar-refractivity contribution in [2.45, 2.75) is 12.5 Å². The normalized spacial score (nSPS) is 14.2. The van der Waals surface area contributed by atoms with E-state index in [-0.39, 0.29) is 12.5 Å². The van der Waals surface area contributed by atoms with Crippen LogP contribution in [0.2, 0.25) is 5.15 Å². The highest BCUT2D eigenvalue weighted by molar-refractivity contribution is 6.29. The molecule has 6 heteroatoms. The number of rotatable bonds is 4. The standard InChI is InChI=1S/C10H13ClN2O3/c1-10(16,6-14)5-13-9(15)7-2-3-8(11)12-4-7/h2-4,14,16H,5-6H2,1H3,(H,13,15). The van der Waals surface area contributed by atoms with E-state index in [0.29, 0.717) is 10.7 Å². The molecule has 1 atom stereocenters. The summed E-state index contributed by atoms with van der Waals surface area (Å²) in [5, 5.41) is 21.0.